The van der Waals surface area contributed by atoms with Gasteiger partial charge in [0.05, 0.1) is 23.3 Å². The fraction of sp³-hybridized carbons (Fsp3) is 0.450. The van der Waals surface area contributed by atoms with E-state index < -0.39 is 0 Å². The molecule has 2 heterocycles. The first-order valence-electron chi connectivity index (χ1n) is 9.29. The van der Waals surface area contributed by atoms with Crippen LogP contribution < -0.4 is 10.6 Å². The standard InChI is InChI=1S/C20H29N7.HI/c1-12-7-8-17-18(9-12)25-19(24-17)11-22-20(21-5)23-13(2)10-16-14(3)26-27(6)15(16)4;/h7-9,13H,10-11H2,1-6H3,(H,24,25)(H2,21,22,23);1H. The lowest BCUT2D eigenvalue weighted by atomic mass is 10.1. The minimum atomic E-state index is 0. The highest BCUT2D eigenvalue weighted by molar-refractivity contribution is 14.0. The van der Waals surface area contributed by atoms with Crippen molar-refractivity contribution in [3.63, 3.8) is 0 Å². The molecule has 3 rings (SSSR count). The molecule has 1 aromatic carbocycles. The van der Waals surface area contributed by atoms with Gasteiger partial charge in [0.15, 0.2) is 5.96 Å². The molecule has 28 heavy (non-hydrogen) atoms. The molecule has 0 amide bonds. The zero-order valence-electron chi connectivity index (χ0n) is 17.4. The zero-order chi connectivity index (χ0) is 19.6. The molecule has 3 N–H and O–H groups in total. The number of aromatic nitrogens is 4. The van der Waals surface area contributed by atoms with Gasteiger partial charge < -0.3 is 15.6 Å². The quantitative estimate of drug-likeness (QED) is 0.289. The Bertz CT molecular complexity index is 970. The van der Waals surface area contributed by atoms with Crippen LogP contribution in [0.5, 0.6) is 0 Å². The van der Waals surface area contributed by atoms with Crippen molar-refractivity contribution in [2.45, 2.75) is 46.7 Å². The Morgan fingerprint density at radius 2 is 2.04 bits per heavy atom. The Morgan fingerprint density at radius 3 is 2.68 bits per heavy atom. The first-order valence-corrected chi connectivity index (χ1v) is 9.29. The van der Waals surface area contributed by atoms with Crippen LogP contribution in [0.3, 0.4) is 0 Å². The van der Waals surface area contributed by atoms with Crippen LogP contribution in [0.4, 0.5) is 0 Å². The first-order chi connectivity index (χ1) is 12.9. The third-order valence-electron chi connectivity index (χ3n) is 4.89. The third-order valence-corrected chi connectivity index (χ3v) is 4.89. The van der Waals surface area contributed by atoms with Crippen LogP contribution in [0.2, 0.25) is 0 Å². The van der Waals surface area contributed by atoms with Gasteiger partial charge in [-0.15, -0.1) is 24.0 Å². The number of aromatic amines is 1. The number of H-pyrrole nitrogens is 1. The lowest BCUT2D eigenvalue weighted by Crippen LogP contribution is -2.43. The molecule has 1 unspecified atom stereocenters. The summed E-state index contributed by atoms with van der Waals surface area (Å²) in [7, 11) is 3.77. The van der Waals surface area contributed by atoms with Crippen molar-refractivity contribution in [3.05, 3.63) is 46.5 Å². The van der Waals surface area contributed by atoms with Crippen molar-refractivity contribution in [1.82, 2.24) is 30.4 Å². The normalized spacial score (nSPS) is 12.7. The highest BCUT2D eigenvalue weighted by Gasteiger charge is 2.14. The molecule has 1 atom stereocenters. The molecule has 2 aromatic heterocycles. The fourth-order valence-corrected chi connectivity index (χ4v) is 3.33. The largest absolute Gasteiger partial charge is 0.354 e. The van der Waals surface area contributed by atoms with Gasteiger partial charge >= 0.3 is 0 Å². The summed E-state index contributed by atoms with van der Waals surface area (Å²) < 4.78 is 1.94. The van der Waals surface area contributed by atoms with E-state index in [-0.39, 0.29) is 30.0 Å². The molecule has 0 aliphatic carbocycles. The molecule has 8 heteroatoms. The number of fused-ring (bicyclic) bond motifs is 1. The molecule has 7 nitrogen and oxygen atoms in total. The maximum Gasteiger partial charge on any atom is 0.191 e. The Labute approximate surface area is 183 Å². The van der Waals surface area contributed by atoms with Gasteiger partial charge in [-0.2, -0.15) is 5.10 Å². The molecular formula is C20H30IN7. The number of benzene rings is 1. The highest BCUT2D eigenvalue weighted by Crippen LogP contribution is 2.14. The van der Waals surface area contributed by atoms with Crippen molar-refractivity contribution in [2.24, 2.45) is 12.0 Å². The number of nitrogens with zero attached hydrogens (tertiary/aromatic N) is 4. The van der Waals surface area contributed by atoms with Crippen LogP contribution in [0.1, 0.15) is 35.3 Å². The van der Waals surface area contributed by atoms with Crippen molar-refractivity contribution in [3.8, 4) is 0 Å². The summed E-state index contributed by atoms with van der Waals surface area (Å²) in [6.45, 7) is 8.99. The molecular weight excluding hydrogens is 465 g/mol. The average molecular weight is 495 g/mol. The number of guanidine groups is 1. The van der Waals surface area contributed by atoms with Crippen LogP contribution in [-0.2, 0) is 20.0 Å². The van der Waals surface area contributed by atoms with Gasteiger partial charge in [0.25, 0.3) is 0 Å². The smallest absolute Gasteiger partial charge is 0.191 e. The van der Waals surface area contributed by atoms with E-state index in [1.165, 1.54) is 16.8 Å². The molecule has 0 saturated carbocycles. The number of imidazole rings is 1. The number of hydrogen-bond acceptors (Lipinski definition) is 3. The van der Waals surface area contributed by atoms with Gasteiger partial charge in [-0.25, -0.2) is 4.98 Å². The number of halogens is 1. The van der Waals surface area contributed by atoms with Crippen LogP contribution >= 0.6 is 24.0 Å². The minimum Gasteiger partial charge on any atom is -0.354 e. The monoisotopic (exact) mass is 495 g/mol. The molecule has 0 radical (unpaired) electrons. The predicted molar refractivity (Wildman–Crippen MR) is 125 cm³/mol. The second kappa shape index (κ2) is 9.40. The first kappa shape index (κ1) is 22.2. The van der Waals surface area contributed by atoms with E-state index in [1.807, 2.05) is 17.8 Å². The van der Waals surface area contributed by atoms with Crippen molar-refractivity contribution in [1.29, 1.82) is 0 Å². The van der Waals surface area contributed by atoms with Gasteiger partial charge in [0, 0.05) is 25.8 Å². The van der Waals surface area contributed by atoms with E-state index in [0.717, 1.165) is 34.9 Å². The Kier molecular flexibility index (Phi) is 7.45. The highest BCUT2D eigenvalue weighted by atomic mass is 127. The lowest BCUT2D eigenvalue weighted by Gasteiger charge is -2.18. The van der Waals surface area contributed by atoms with Gasteiger partial charge in [-0.1, -0.05) is 6.07 Å². The fourth-order valence-electron chi connectivity index (χ4n) is 3.33. The molecule has 0 bridgehead atoms. The topological polar surface area (TPSA) is 82.9 Å². The van der Waals surface area contributed by atoms with E-state index in [1.54, 1.807) is 7.05 Å². The molecule has 0 aliphatic heterocycles. The summed E-state index contributed by atoms with van der Waals surface area (Å²) in [6.07, 6.45) is 0.899. The zero-order valence-corrected chi connectivity index (χ0v) is 19.8. The van der Waals surface area contributed by atoms with Crippen molar-refractivity contribution in [2.75, 3.05) is 7.05 Å². The van der Waals surface area contributed by atoms with Gasteiger partial charge in [0.1, 0.15) is 5.82 Å². The number of hydrogen-bond donors (Lipinski definition) is 3. The molecule has 152 valence electrons. The molecule has 0 saturated heterocycles. The number of rotatable bonds is 5. The van der Waals surface area contributed by atoms with E-state index >= 15 is 0 Å². The number of aliphatic imine (C=N–C) groups is 1. The van der Waals surface area contributed by atoms with Crippen LogP contribution in [0, 0.1) is 20.8 Å². The predicted octanol–water partition coefficient (Wildman–Crippen LogP) is 3.14. The molecule has 0 aliphatic rings. The van der Waals surface area contributed by atoms with Gasteiger partial charge in [0.2, 0.25) is 0 Å². The van der Waals surface area contributed by atoms with Crippen LogP contribution in [0.25, 0.3) is 11.0 Å². The average Bonchev–Trinajstić information content (AvgIpc) is 3.13. The number of nitrogens with one attached hydrogen (secondary N) is 3. The summed E-state index contributed by atoms with van der Waals surface area (Å²) in [5.41, 5.74) is 6.85. The van der Waals surface area contributed by atoms with Gasteiger partial charge in [-0.05, 0) is 57.4 Å². The lowest BCUT2D eigenvalue weighted by molar-refractivity contribution is 0.633. The summed E-state index contributed by atoms with van der Waals surface area (Å²) in [6, 6.07) is 6.46. The van der Waals surface area contributed by atoms with E-state index in [2.05, 4.69) is 70.5 Å². The molecule has 3 aromatic rings. The Morgan fingerprint density at radius 1 is 1.29 bits per heavy atom. The summed E-state index contributed by atoms with van der Waals surface area (Å²) in [5.74, 6) is 1.66. The van der Waals surface area contributed by atoms with Crippen molar-refractivity contribution >= 4 is 41.0 Å². The second-order valence-electron chi connectivity index (χ2n) is 7.15. The summed E-state index contributed by atoms with van der Waals surface area (Å²) in [4.78, 5) is 12.3. The molecule has 0 fully saturated rings. The SMILES string of the molecule is CN=C(NCc1nc2ccc(C)cc2[nH]1)NC(C)Cc1c(C)nn(C)c1C.I. The maximum atomic E-state index is 4.62. The van der Waals surface area contributed by atoms with E-state index in [0.29, 0.717) is 6.54 Å². The number of aryl methyl sites for hydroxylation is 3. The third kappa shape index (κ3) is 5.03. The Balaban J connectivity index is 0.00000280. The second-order valence-corrected chi connectivity index (χ2v) is 7.15. The van der Waals surface area contributed by atoms with Crippen LogP contribution in [-0.4, -0.2) is 38.8 Å². The van der Waals surface area contributed by atoms with Crippen molar-refractivity contribution < 1.29 is 0 Å². The van der Waals surface area contributed by atoms with E-state index in [4.69, 9.17) is 0 Å². The van der Waals surface area contributed by atoms with E-state index in [9.17, 15) is 0 Å². The van der Waals surface area contributed by atoms with Gasteiger partial charge in [-0.3, -0.25) is 9.67 Å². The summed E-state index contributed by atoms with van der Waals surface area (Å²) >= 11 is 0. The Hall–Kier alpha value is -2.10. The summed E-state index contributed by atoms with van der Waals surface area (Å²) in [5, 5.41) is 11.3. The maximum absolute atomic E-state index is 4.62. The van der Waals surface area contributed by atoms with Crippen LogP contribution in [0.15, 0.2) is 23.2 Å². The minimum absolute atomic E-state index is 0. The molecule has 0 spiro atoms.